The minimum absolute atomic E-state index is 0.0496. The van der Waals surface area contributed by atoms with Gasteiger partial charge in [0.25, 0.3) is 5.91 Å². The summed E-state index contributed by atoms with van der Waals surface area (Å²) in [5.74, 6) is 0.774. The highest BCUT2D eigenvalue weighted by molar-refractivity contribution is 7.17. The Bertz CT molecular complexity index is 993. The Morgan fingerprint density at radius 3 is 2.66 bits per heavy atom. The van der Waals surface area contributed by atoms with Gasteiger partial charge in [-0.05, 0) is 48.3 Å². The number of piperidine rings is 1. The third-order valence-electron chi connectivity index (χ3n) is 6.77. The van der Waals surface area contributed by atoms with Gasteiger partial charge in [0, 0.05) is 28.1 Å². The Labute approximate surface area is 175 Å². The molecule has 1 aromatic carbocycles. The van der Waals surface area contributed by atoms with Crippen molar-refractivity contribution in [2.24, 2.45) is 17.1 Å². The number of carbonyl (C=O) groups excluding carboxylic acids is 2. The van der Waals surface area contributed by atoms with Crippen molar-refractivity contribution < 1.29 is 19.1 Å². The van der Waals surface area contributed by atoms with Gasteiger partial charge in [-0.15, -0.1) is 11.3 Å². The van der Waals surface area contributed by atoms with E-state index in [9.17, 15) is 9.59 Å². The Hall–Kier alpha value is -2.28. The number of methoxy groups -OCH3 is 1. The van der Waals surface area contributed by atoms with Crippen LogP contribution in [0.15, 0.2) is 17.5 Å². The van der Waals surface area contributed by atoms with Crippen molar-refractivity contribution in [1.29, 1.82) is 0 Å². The summed E-state index contributed by atoms with van der Waals surface area (Å²) >= 11 is 1.61. The van der Waals surface area contributed by atoms with E-state index in [1.807, 2.05) is 24.0 Å². The predicted octanol–water partition coefficient (Wildman–Crippen LogP) is 4.33. The fourth-order valence-corrected chi connectivity index (χ4v) is 6.47. The number of amides is 2. The third-order valence-corrected chi connectivity index (χ3v) is 7.82. The zero-order chi connectivity index (χ0) is 21.1. The fraction of sp³-hybridized carbons (Fsp3) is 0.545. The van der Waals surface area contributed by atoms with Gasteiger partial charge >= 0.3 is 6.09 Å². The molecule has 2 fully saturated rings. The average Bonchev–Trinajstić information content (AvgIpc) is 3.30. The number of nitrogens with two attached hydrogens (primary N) is 1. The molecule has 29 heavy (non-hydrogen) atoms. The van der Waals surface area contributed by atoms with Gasteiger partial charge in [-0.3, -0.25) is 4.79 Å². The molecule has 6 nitrogen and oxygen atoms in total. The zero-order valence-electron chi connectivity index (χ0n) is 17.6. The number of likely N-dealkylation sites (tertiary alicyclic amines) is 1. The molecule has 1 aromatic heterocycles. The molecule has 2 bridgehead atoms. The molecule has 1 saturated heterocycles. The lowest BCUT2D eigenvalue weighted by Gasteiger charge is -2.49. The molecular formula is C22H28N2O4S. The molecule has 2 amide bonds. The van der Waals surface area contributed by atoms with Gasteiger partial charge < -0.3 is 20.1 Å². The Kier molecular flexibility index (Phi) is 4.57. The number of hydrogen-bond acceptors (Lipinski definition) is 5. The molecule has 3 atom stereocenters. The summed E-state index contributed by atoms with van der Waals surface area (Å²) in [5.41, 5.74) is 6.28. The second-order valence-electron chi connectivity index (χ2n) is 9.22. The number of rotatable bonds is 3. The minimum Gasteiger partial charge on any atom is -0.496 e. The van der Waals surface area contributed by atoms with E-state index in [4.69, 9.17) is 15.2 Å². The average molecular weight is 417 g/mol. The number of aryl methyl sites for hydroxylation is 1. The van der Waals surface area contributed by atoms with Gasteiger partial charge in [-0.25, -0.2) is 4.79 Å². The highest BCUT2D eigenvalue weighted by atomic mass is 32.1. The molecule has 7 heteroatoms. The van der Waals surface area contributed by atoms with Gasteiger partial charge in [0.05, 0.1) is 12.6 Å². The maximum absolute atomic E-state index is 13.7. The number of benzene rings is 1. The van der Waals surface area contributed by atoms with Gasteiger partial charge in [-0.1, -0.05) is 20.8 Å². The van der Waals surface area contributed by atoms with Crippen LogP contribution in [0.4, 0.5) is 4.79 Å². The monoisotopic (exact) mass is 416 g/mol. The van der Waals surface area contributed by atoms with Gasteiger partial charge in [0.15, 0.2) is 0 Å². The first-order valence-electron chi connectivity index (χ1n) is 9.94. The first-order chi connectivity index (χ1) is 13.6. The number of hydrogen-bond donors (Lipinski definition) is 1. The van der Waals surface area contributed by atoms with E-state index < -0.39 is 11.6 Å². The topological polar surface area (TPSA) is 81.9 Å². The van der Waals surface area contributed by atoms with Crippen molar-refractivity contribution in [2.75, 3.05) is 13.7 Å². The lowest BCUT2D eigenvalue weighted by Crippen LogP contribution is -2.60. The predicted molar refractivity (Wildman–Crippen MR) is 114 cm³/mol. The Morgan fingerprint density at radius 2 is 2.03 bits per heavy atom. The fourth-order valence-electron chi connectivity index (χ4n) is 5.47. The summed E-state index contributed by atoms with van der Waals surface area (Å²) in [6.07, 6.45) is 0.564. The maximum Gasteiger partial charge on any atom is 0.404 e. The molecule has 0 spiro atoms. The van der Waals surface area contributed by atoms with E-state index in [1.54, 1.807) is 18.4 Å². The van der Waals surface area contributed by atoms with Crippen molar-refractivity contribution in [3.63, 3.8) is 0 Å². The minimum atomic E-state index is -0.776. The molecule has 4 rings (SSSR count). The lowest BCUT2D eigenvalue weighted by atomic mass is 9.70. The number of thiophene rings is 1. The number of nitrogens with zero attached hydrogens (tertiary/aromatic N) is 1. The largest absolute Gasteiger partial charge is 0.496 e. The number of primary amides is 1. The highest BCUT2D eigenvalue weighted by Gasteiger charge is 2.66. The molecular weight excluding hydrogens is 388 g/mol. The van der Waals surface area contributed by atoms with Crippen LogP contribution in [0.1, 0.15) is 49.5 Å². The molecule has 2 unspecified atom stereocenters. The van der Waals surface area contributed by atoms with Crippen LogP contribution in [0.2, 0.25) is 0 Å². The van der Waals surface area contributed by atoms with Crippen molar-refractivity contribution in [3.8, 4) is 5.75 Å². The smallest absolute Gasteiger partial charge is 0.404 e. The molecule has 2 aliphatic rings. The number of ether oxygens (including phenoxy) is 2. The van der Waals surface area contributed by atoms with Crippen molar-refractivity contribution in [2.45, 2.75) is 52.2 Å². The van der Waals surface area contributed by atoms with Crippen molar-refractivity contribution in [3.05, 3.63) is 28.6 Å². The normalized spacial score (nSPS) is 26.2. The van der Waals surface area contributed by atoms with E-state index in [2.05, 4.69) is 26.2 Å². The van der Waals surface area contributed by atoms with Crippen LogP contribution in [0.3, 0.4) is 0 Å². The van der Waals surface area contributed by atoms with Crippen LogP contribution in [0.5, 0.6) is 5.75 Å². The number of carbonyl (C=O) groups is 2. The van der Waals surface area contributed by atoms with Crippen LogP contribution in [0, 0.1) is 18.3 Å². The quantitative estimate of drug-likeness (QED) is 0.807. The van der Waals surface area contributed by atoms with Crippen LogP contribution < -0.4 is 10.5 Å². The number of fused-ring (bicyclic) bond motifs is 3. The summed E-state index contributed by atoms with van der Waals surface area (Å²) < 4.78 is 12.2. The summed E-state index contributed by atoms with van der Waals surface area (Å²) in [6, 6.07) is 3.78. The van der Waals surface area contributed by atoms with Gasteiger partial charge in [-0.2, -0.15) is 0 Å². The van der Waals surface area contributed by atoms with Crippen LogP contribution >= 0.6 is 11.3 Å². The third kappa shape index (κ3) is 2.81. The van der Waals surface area contributed by atoms with Crippen molar-refractivity contribution >= 4 is 33.4 Å². The van der Waals surface area contributed by atoms with E-state index >= 15 is 0 Å². The SMILES string of the molecule is COc1cc(C(=O)N2CC3CCC2(C(C)(C)C)[C@@H]3OC(N)=O)cc2scc(C)c12. The molecule has 156 valence electrons. The Balaban J connectivity index is 1.79. The first kappa shape index (κ1) is 20.0. The molecule has 2 N–H and O–H groups in total. The van der Waals surface area contributed by atoms with Gasteiger partial charge in [0.2, 0.25) is 0 Å². The van der Waals surface area contributed by atoms with Crippen LogP contribution in [-0.4, -0.2) is 42.2 Å². The zero-order valence-corrected chi connectivity index (χ0v) is 18.4. The standard InChI is InChI=1S/C22H28N2O4S/c1-12-11-29-16-9-14(8-15(27-5)17(12)16)19(25)24-10-13-6-7-22(24,21(2,3)4)18(13)28-20(23)26/h8-9,11,13,18H,6-7,10H2,1-5H3,(H2,23,26)/t13?,18-,22?/m1/s1. The van der Waals surface area contributed by atoms with Gasteiger partial charge in [0.1, 0.15) is 11.9 Å². The van der Waals surface area contributed by atoms with Crippen LogP contribution in [0.25, 0.3) is 10.1 Å². The molecule has 1 aliphatic heterocycles. The lowest BCUT2D eigenvalue weighted by molar-refractivity contribution is -0.0359. The summed E-state index contributed by atoms with van der Waals surface area (Å²) in [4.78, 5) is 27.3. The second-order valence-corrected chi connectivity index (χ2v) is 10.1. The maximum atomic E-state index is 13.7. The second kappa shape index (κ2) is 6.62. The highest BCUT2D eigenvalue weighted by Crippen LogP contribution is 2.57. The van der Waals surface area contributed by atoms with E-state index in [1.165, 1.54) is 0 Å². The molecule has 2 heterocycles. The van der Waals surface area contributed by atoms with E-state index in [0.717, 1.165) is 28.5 Å². The molecule has 1 saturated carbocycles. The van der Waals surface area contributed by atoms with Crippen LogP contribution in [-0.2, 0) is 4.74 Å². The summed E-state index contributed by atoms with van der Waals surface area (Å²) in [6.45, 7) is 8.92. The van der Waals surface area contributed by atoms with E-state index in [-0.39, 0.29) is 23.3 Å². The first-order valence-corrected chi connectivity index (χ1v) is 10.8. The van der Waals surface area contributed by atoms with E-state index in [0.29, 0.717) is 17.9 Å². The Morgan fingerprint density at radius 1 is 1.31 bits per heavy atom. The molecule has 1 aliphatic carbocycles. The van der Waals surface area contributed by atoms with Crippen molar-refractivity contribution in [1.82, 2.24) is 4.90 Å². The molecule has 0 radical (unpaired) electrons. The summed E-state index contributed by atoms with van der Waals surface area (Å²) in [5, 5.41) is 3.13. The summed E-state index contributed by atoms with van der Waals surface area (Å²) in [7, 11) is 1.63. The molecule has 2 aromatic rings.